The number of nitrogens with two attached hydrogens (primary N) is 1. The van der Waals surface area contributed by atoms with Gasteiger partial charge in [0.05, 0.1) is 19.2 Å². The van der Waals surface area contributed by atoms with Crippen LogP contribution in [0.1, 0.15) is 44.9 Å². The maximum absolute atomic E-state index is 12.7. The lowest BCUT2D eigenvalue weighted by Gasteiger charge is -2.29. The zero-order chi connectivity index (χ0) is 16.8. The first-order chi connectivity index (χ1) is 11.1. The Morgan fingerprint density at radius 3 is 2.62 bits per heavy atom. The van der Waals surface area contributed by atoms with Crippen LogP contribution in [-0.2, 0) is 14.3 Å². The molecule has 1 saturated carbocycles. The number of ether oxygens (including phenoxy) is 1. The van der Waals surface area contributed by atoms with Crippen LogP contribution in [0.4, 0.5) is 0 Å². The van der Waals surface area contributed by atoms with Gasteiger partial charge in [0, 0.05) is 11.5 Å². The lowest BCUT2D eigenvalue weighted by molar-refractivity contribution is -0.151. The molecule has 2 fully saturated rings. The highest BCUT2D eigenvalue weighted by Gasteiger charge is 2.41. The van der Waals surface area contributed by atoms with Crippen LogP contribution in [0.2, 0.25) is 0 Å². The molecule has 2 N–H and O–H groups in total. The molecule has 0 bridgehead atoms. The molecular formula is C15H26ClN5O3. The van der Waals surface area contributed by atoms with E-state index >= 15 is 0 Å². The number of hydrogen-bond donors (Lipinski definition) is 1. The van der Waals surface area contributed by atoms with Gasteiger partial charge >= 0.3 is 5.97 Å². The van der Waals surface area contributed by atoms with Gasteiger partial charge in [-0.2, -0.15) is 0 Å². The summed E-state index contributed by atoms with van der Waals surface area (Å²) in [5.74, 6) is -0.254. The van der Waals surface area contributed by atoms with Gasteiger partial charge in [0.25, 0.3) is 0 Å². The number of rotatable bonds is 5. The highest BCUT2D eigenvalue weighted by atomic mass is 35.5. The van der Waals surface area contributed by atoms with Crippen LogP contribution in [0.3, 0.4) is 0 Å². The maximum atomic E-state index is 12.7. The van der Waals surface area contributed by atoms with Gasteiger partial charge in [-0.1, -0.05) is 37.2 Å². The lowest BCUT2D eigenvalue weighted by atomic mass is 9.84. The third-order valence-electron chi connectivity index (χ3n) is 4.88. The molecule has 1 aliphatic carbocycles. The fourth-order valence-corrected chi connectivity index (χ4v) is 3.67. The summed E-state index contributed by atoms with van der Waals surface area (Å²) >= 11 is 0. The van der Waals surface area contributed by atoms with E-state index in [9.17, 15) is 9.59 Å². The number of halogens is 1. The van der Waals surface area contributed by atoms with E-state index in [1.54, 1.807) is 0 Å². The lowest BCUT2D eigenvalue weighted by Crippen LogP contribution is -2.49. The first-order valence-electron chi connectivity index (χ1n) is 8.25. The molecule has 0 aromatic heterocycles. The highest BCUT2D eigenvalue weighted by molar-refractivity contribution is 5.88. The monoisotopic (exact) mass is 359 g/mol. The van der Waals surface area contributed by atoms with Crippen LogP contribution in [0.25, 0.3) is 10.4 Å². The summed E-state index contributed by atoms with van der Waals surface area (Å²) in [6, 6.07) is -1.73. The number of hydrogen-bond acceptors (Lipinski definition) is 5. The van der Waals surface area contributed by atoms with Crippen LogP contribution < -0.4 is 5.73 Å². The summed E-state index contributed by atoms with van der Waals surface area (Å²) in [5, 5.41) is 3.64. The summed E-state index contributed by atoms with van der Waals surface area (Å²) in [4.78, 5) is 28.8. The molecular weight excluding hydrogens is 334 g/mol. The Kier molecular flexibility index (Phi) is 8.31. The Hall–Kier alpha value is -1.50. The molecule has 1 saturated heterocycles. The molecule has 136 valence electrons. The molecule has 0 aromatic rings. The van der Waals surface area contributed by atoms with E-state index in [0.29, 0.717) is 18.8 Å². The minimum atomic E-state index is -0.708. The summed E-state index contributed by atoms with van der Waals surface area (Å²) in [5.41, 5.74) is 14.7. The van der Waals surface area contributed by atoms with Crippen LogP contribution in [0, 0.1) is 5.92 Å². The van der Waals surface area contributed by atoms with E-state index < -0.39 is 24.1 Å². The zero-order valence-electron chi connectivity index (χ0n) is 14.0. The first-order valence-corrected chi connectivity index (χ1v) is 8.25. The van der Waals surface area contributed by atoms with Gasteiger partial charge in [0.2, 0.25) is 5.91 Å². The Balaban J connectivity index is 0.00000288. The number of azide groups is 1. The normalized spacial score (nSPS) is 25.3. The van der Waals surface area contributed by atoms with E-state index in [0.717, 1.165) is 12.8 Å². The molecule has 2 aliphatic rings. The largest absolute Gasteiger partial charge is 0.467 e. The van der Waals surface area contributed by atoms with Crippen molar-refractivity contribution in [3.05, 3.63) is 10.4 Å². The van der Waals surface area contributed by atoms with E-state index in [1.165, 1.54) is 31.3 Å². The van der Waals surface area contributed by atoms with Crippen molar-refractivity contribution in [2.75, 3.05) is 13.7 Å². The van der Waals surface area contributed by atoms with Crippen molar-refractivity contribution in [2.45, 2.75) is 63.1 Å². The standard InChI is InChI=1S/C15H25N5O3.ClH/c1-23-15(22)13-8-11(18-19-17)9-20(13)14(21)12(16)7-10-5-3-2-4-6-10;/h10-13H,2-9,16H2,1H3;1H/t11-,12+,13-;/m0./s1. The van der Waals surface area contributed by atoms with E-state index in [4.69, 9.17) is 16.0 Å². The van der Waals surface area contributed by atoms with Crippen LogP contribution in [-0.4, -0.2) is 48.6 Å². The molecule has 0 radical (unpaired) electrons. The van der Waals surface area contributed by atoms with E-state index in [-0.39, 0.29) is 24.9 Å². The minimum absolute atomic E-state index is 0. The second kappa shape index (κ2) is 9.71. The van der Waals surface area contributed by atoms with Crippen molar-refractivity contribution in [3.63, 3.8) is 0 Å². The summed E-state index contributed by atoms with van der Waals surface area (Å²) in [6.45, 7) is 0.223. The molecule has 1 heterocycles. The van der Waals surface area contributed by atoms with Crippen LogP contribution in [0.15, 0.2) is 5.11 Å². The molecule has 0 spiro atoms. The van der Waals surface area contributed by atoms with Crippen molar-refractivity contribution in [1.82, 2.24) is 4.90 Å². The van der Waals surface area contributed by atoms with Gasteiger partial charge in [0.15, 0.2) is 0 Å². The molecule has 1 aliphatic heterocycles. The smallest absolute Gasteiger partial charge is 0.328 e. The van der Waals surface area contributed by atoms with Gasteiger partial charge in [-0.3, -0.25) is 4.79 Å². The third kappa shape index (κ3) is 5.00. The molecule has 0 unspecified atom stereocenters. The number of carbonyl (C=O) groups excluding carboxylic acids is 2. The van der Waals surface area contributed by atoms with Gasteiger partial charge in [0.1, 0.15) is 6.04 Å². The summed E-state index contributed by atoms with van der Waals surface area (Å²) in [7, 11) is 1.29. The molecule has 3 atom stereocenters. The summed E-state index contributed by atoms with van der Waals surface area (Å²) in [6.07, 6.45) is 6.81. The number of carbonyl (C=O) groups is 2. The Bertz CT molecular complexity index is 492. The van der Waals surface area contributed by atoms with Crippen molar-refractivity contribution in [1.29, 1.82) is 0 Å². The molecule has 9 heteroatoms. The van der Waals surface area contributed by atoms with Crippen molar-refractivity contribution >= 4 is 24.3 Å². The van der Waals surface area contributed by atoms with Crippen molar-refractivity contribution in [2.24, 2.45) is 16.8 Å². The number of nitrogens with zero attached hydrogens (tertiary/aromatic N) is 4. The molecule has 2 rings (SSSR count). The second-order valence-electron chi connectivity index (χ2n) is 6.47. The fourth-order valence-electron chi connectivity index (χ4n) is 3.67. The Labute approximate surface area is 148 Å². The van der Waals surface area contributed by atoms with Gasteiger partial charge in [-0.15, -0.1) is 12.4 Å². The number of likely N-dealkylation sites (tertiary alicyclic amines) is 1. The molecule has 8 nitrogen and oxygen atoms in total. The van der Waals surface area contributed by atoms with E-state index in [1.807, 2.05) is 0 Å². The SMILES string of the molecule is COC(=O)[C@@H]1C[C@H](N=[N+]=[N-])CN1C(=O)[C@H](N)CC1CCCCC1.Cl. The highest BCUT2D eigenvalue weighted by Crippen LogP contribution is 2.28. The number of amides is 1. The maximum Gasteiger partial charge on any atom is 0.328 e. The predicted molar refractivity (Wildman–Crippen MR) is 91.5 cm³/mol. The van der Waals surface area contributed by atoms with Gasteiger partial charge in [-0.25, -0.2) is 4.79 Å². The first kappa shape index (κ1) is 20.5. The quantitative estimate of drug-likeness (QED) is 0.349. The average Bonchev–Trinajstić information content (AvgIpc) is 2.98. The Morgan fingerprint density at radius 1 is 1.38 bits per heavy atom. The van der Waals surface area contributed by atoms with Gasteiger partial charge in [-0.05, 0) is 24.3 Å². The van der Waals surface area contributed by atoms with Gasteiger partial charge < -0.3 is 15.4 Å². The van der Waals surface area contributed by atoms with Crippen molar-refractivity contribution in [3.8, 4) is 0 Å². The molecule has 1 amide bonds. The fraction of sp³-hybridized carbons (Fsp3) is 0.867. The van der Waals surface area contributed by atoms with E-state index in [2.05, 4.69) is 10.0 Å². The molecule has 24 heavy (non-hydrogen) atoms. The molecule has 0 aromatic carbocycles. The number of methoxy groups -OCH3 is 1. The zero-order valence-corrected chi connectivity index (χ0v) is 14.8. The average molecular weight is 360 g/mol. The minimum Gasteiger partial charge on any atom is -0.467 e. The van der Waals surface area contributed by atoms with Crippen LogP contribution >= 0.6 is 12.4 Å². The Morgan fingerprint density at radius 2 is 2.04 bits per heavy atom. The van der Waals surface area contributed by atoms with Crippen LogP contribution in [0.5, 0.6) is 0 Å². The topological polar surface area (TPSA) is 121 Å². The summed E-state index contributed by atoms with van der Waals surface area (Å²) < 4.78 is 4.76. The third-order valence-corrected chi connectivity index (χ3v) is 4.88. The second-order valence-corrected chi connectivity index (χ2v) is 6.47. The number of esters is 1. The van der Waals surface area contributed by atoms with Crippen molar-refractivity contribution < 1.29 is 14.3 Å². The predicted octanol–water partition coefficient (Wildman–Crippen LogP) is 2.16.